The molecule has 2 atom stereocenters. The van der Waals surface area contributed by atoms with E-state index in [0.717, 1.165) is 17.7 Å². The van der Waals surface area contributed by atoms with Gasteiger partial charge in [0.2, 0.25) is 5.91 Å². The average Bonchev–Trinajstić information content (AvgIpc) is 2.38. The highest BCUT2D eigenvalue weighted by molar-refractivity contribution is 5.85. The van der Waals surface area contributed by atoms with E-state index >= 15 is 0 Å². The van der Waals surface area contributed by atoms with Gasteiger partial charge < -0.3 is 15.8 Å². The number of nitrogens with one attached hydrogen (secondary N) is 1. The maximum atomic E-state index is 12.1. The lowest BCUT2D eigenvalue weighted by Gasteiger charge is -2.25. The summed E-state index contributed by atoms with van der Waals surface area (Å²) in [4.78, 5) is 12.1. The third kappa shape index (κ3) is 4.24. The predicted molar refractivity (Wildman–Crippen MR) is 77.1 cm³/mol. The van der Waals surface area contributed by atoms with Crippen LogP contribution in [0.1, 0.15) is 45.2 Å². The molecule has 1 amide bonds. The summed E-state index contributed by atoms with van der Waals surface area (Å²) >= 11 is 0. The molecule has 4 nitrogen and oxygen atoms in total. The number of amides is 1. The van der Waals surface area contributed by atoms with E-state index in [1.807, 2.05) is 38.1 Å². The summed E-state index contributed by atoms with van der Waals surface area (Å²) in [5.74, 6) is 0.689. The van der Waals surface area contributed by atoms with Crippen molar-refractivity contribution in [2.75, 3.05) is 7.11 Å². The molecule has 0 bridgehead atoms. The molecule has 0 saturated heterocycles. The van der Waals surface area contributed by atoms with Crippen LogP contribution in [-0.4, -0.2) is 18.6 Å². The number of rotatable bonds is 6. The molecule has 3 N–H and O–H groups in total. The minimum absolute atomic E-state index is 0.0712. The monoisotopic (exact) mass is 264 g/mol. The third-order valence-electron chi connectivity index (χ3n) is 3.25. The van der Waals surface area contributed by atoms with Crippen molar-refractivity contribution < 1.29 is 9.53 Å². The summed E-state index contributed by atoms with van der Waals surface area (Å²) in [6, 6.07) is 7.57. The molecule has 2 unspecified atom stereocenters. The number of methoxy groups -OCH3 is 1. The largest absolute Gasteiger partial charge is 0.497 e. The van der Waals surface area contributed by atoms with Gasteiger partial charge in [0, 0.05) is 0 Å². The molecule has 0 heterocycles. The van der Waals surface area contributed by atoms with Crippen molar-refractivity contribution in [2.24, 2.45) is 5.73 Å². The van der Waals surface area contributed by atoms with Crippen molar-refractivity contribution in [3.63, 3.8) is 0 Å². The topological polar surface area (TPSA) is 64.4 Å². The summed E-state index contributed by atoms with van der Waals surface area (Å²) in [5, 5.41) is 2.95. The van der Waals surface area contributed by atoms with E-state index in [1.54, 1.807) is 14.0 Å². The van der Waals surface area contributed by atoms with E-state index in [0.29, 0.717) is 6.42 Å². The Labute approximate surface area is 115 Å². The lowest BCUT2D eigenvalue weighted by molar-refractivity contribution is -0.126. The molecule has 1 aromatic rings. The van der Waals surface area contributed by atoms with Crippen LogP contribution in [0.25, 0.3) is 0 Å². The minimum Gasteiger partial charge on any atom is -0.497 e. The van der Waals surface area contributed by atoms with Gasteiger partial charge in [-0.3, -0.25) is 4.79 Å². The molecule has 0 aliphatic rings. The van der Waals surface area contributed by atoms with Crippen molar-refractivity contribution in [3.05, 3.63) is 29.8 Å². The number of hydrogen-bond donors (Lipinski definition) is 2. The predicted octanol–water partition coefficient (Wildman–Crippen LogP) is 2.39. The Hall–Kier alpha value is -1.55. The first-order valence-corrected chi connectivity index (χ1v) is 6.64. The maximum absolute atomic E-state index is 12.1. The second-order valence-electron chi connectivity index (χ2n) is 5.14. The van der Waals surface area contributed by atoms with Crippen LogP contribution in [-0.2, 0) is 4.79 Å². The van der Waals surface area contributed by atoms with Gasteiger partial charge in [0.25, 0.3) is 0 Å². The molecular formula is C15H24N2O2. The van der Waals surface area contributed by atoms with E-state index < -0.39 is 5.54 Å². The number of carbonyl (C=O) groups is 1. The number of ether oxygens (including phenoxy) is 1. The van der Waals surface area contributed by atoms with Gasteiger partial charge in [0.05, 0.1) is 18.7 Å². The fourth-order valence-electron chi connectivity index (χ4n) is 1.97. The highest BCUT2D eigenvalue weighted by Crippen LogP contribution is 2.18. The van der Waals surface area contributed by atoms with E-state index in [9.17, 15) is 4.79 Å². The zero-order valence-electron chi connectivity index (χ0n) is 12.2. The van der Waals surface area contributed by atoms with Gasteiger partial charge in [-0.1, -0.05) is 25.5 Å². The third-order valence-corrected chi connectivity index (χ3v) is 3.25. The molecule has 0 aliphatic heterocycles. The Bertz CT molecular complexity index is 413. The standard InChI is InChI=1S/C15H24N2O2/c1-5-10-15(3,16)14(18)17-11(2)12-6-8-13(19-4)9-7-12/h6-9,11H,5,10,16H2,1-4H3,(H,17,18). The van der Waals surface area contributed by atoms with Crippen molar-refractivity contribution in [1.29, 1.82) is 0 Å². The molecule has 4 heteroatoms. The lowest BCUT2D eigenvalue weighted by Crippen LogP contribution is -2.51. The van der Waals surface area contributed by atoms with Gasteiger partial charge in [0.1, 0.15) is 5.75 Å². The smallest absolute Gasteiger partial charge is 0.240 e. The Morgan fingerprint density at radius 2 is 2.00 bits per heavy atom. The first kappa shape index (κ1) is 15.5. The SMILES string of the molecule is CCCC(C)(N)C(=O)NC(C)c1ccc(OC)cc1. The summed E-state index contributed by atoms with van der Waals surface area (Å²) in [6.07, 6.45) is 1.56. The highest BCUT2D eigenvalue weighted by Gasteiger charge is 2.28. The van der Waals surface area contributed by atoms with Crippen LogP contribution in [0, 0.1) is 0 Å². The first-order chi connectivity index (χ1) is 8.90. The van der Waals surface area contributed by atoms with Crippen LogP contribution in [0.15, 0.2) is 24.3 Å². The lowest BCUT2D eigenvalue weighted by atomic mass is 9.95. The average molecular weight is 264 g/mol. The van der Waals surface area contributed by atoms with Crippen LogP contribution in [0.2, 0.25) is 0 Å². The normalized spacial score (nSPS) is 15.4. The molecule has 106 valence electrons. The van der Waals surface area contributed by atoms with Crippen molar-refractivity contribution in [2.45, 2.75) is 45.2 Å². The number of benzene rings is 1. The van der Waals surface area contributed by atoms with Crippen LogP contribution < -0.4 is 15.8 Å². The second-order valence-corrected chi connectivity index (χ2v) is 5.14. The van der Waals surface area contributed by atoms with Crippen LogP contribution >= 0.6 is 0 Å². The van der Waals surface area contributed by atoms with Crippen molar-refractivity contribution in [3.8, 4) is 5.75 Å². The highest BCUT2D eigenvalue weighted by atomic mass is 16.5. The molecule has 0 aromatic heterocycles. The summed E-state index contributed by atoms with van der Waals surface area (Å²) < 4.78 is 5.11. The molecule has 1 aromatic carbocycles. The summed E-state index contributed by atoms with van der Waals surface area (Å²) in [6.45, 7) is 5.74. The maximum Gasteiger partial charge on any atom is 0.240 e. The second kappa shape index (κ2) is 6.57. The quantitative estimate of drug-likeness (QED) is 0.829. The minimum atomic E-state index is -0.810. The van der Waals surface area contributed by atoms with Crippen LogP contribution in [0.3, 0.4) is 0 Å². The Morgan fingerprint density at radius 1 is 1.42 bits per heavy atom. The Morgan fingerprint density at radius 3 is 2.47 bits per heavy atom. The first-order valence-electron chi connectivity index (χ1n) is 6.64. The van der Waals surface area contributed by atoms with Gasteiger partial charge in [-0.05, 0) is 38.0 Å². The van der Waals surface area contributed by atoms with E-state index in [1.165, 1.54) is 0 Å². The zero-order chi connectivity index (χ0) is 14.5. The molecular weight excluding hydrogens is 240 g/mol. The Balaban J connectivity index is 2.68. The molecule has 0 spiro atoms. The van der Waals surface area contributed by atoms with Gasteiger partial charge in [0.15, 0.2) is 0 Å². The van der Waals surface area contributed by atoms with Gasteiger partial charge in [-0.2, -0.15) is 0 Å². The fraction of sp³-hybridized carbons (Fsp3) is 0.533. The zero-order valence-corrected chi connectivity index (χ0v) is 12.2. The molecule has 19 heavy (non-hydrogen) atoms. The summed E-state index contributed by atoms with van der Waals surface area (Å²) in [7, 11) is 1.63. The number of hydrogen-bond acceptors (Lipinski definition) is 3. The van der Waals surface area contributed by atoms with Gasteiger partial charge >= 0.3 is 0 Å². The molecule has 0 radical (unpaired) electrons. The Kier molecular flexibility index (Phi) is 5.36. The summed E-state index contributed by atoms with van der Waals surface area (Å²) in [5.41, 5.74) is 6.23. The van der Waals surface area contributed by atoms with Crippen molar-refractivity contribution >= 4 is 5.91 Å². The fourth-order valence-corrected chi connectivity index (χ4v) is 1.97. The van der Waals surface area contributed by atoms with E-state index in [4.69, 9.17) is 10.5 Å². The van der Waals surface area contributed by atoms with Crippen LogP contribution in [0.5, 0.6) is 5.75 Å². The molecule has 0 saturated carbocycles. The molecule has 0 aliphatic carbocycles. The number of nitrogens with two attached hydrogens (primary N) is 1. The van der Waals surface area contributed by atoms with E-state index in [-0.39, 0.29) is 11.9 Å². The van der Waals surface area contributed by atoms with Gasteiger partial charge in [-0.25, -0.2) is 0 Å². The van der Waals surface area contributed by atoms with Gasteiger partial charge in [-0.15, -0.1) is 0 Å². The van der Waals surface area contributed by atoms with Crippen molar-refractivity contribution in [1.82, 2.24) is 5.32 Å². The number of carbonyl (C=O) groups excluding carboxylic acids is 1. The molecule has 1 rings (SSSR count). The van der Waals surface area contributed by atoms with E-state index in [2.05, 4.69) is 5.32 Å². The molecule has 0 fully saturated rings. The van der Waals surface area contributed by atoms with Crippen LogP contribution in [0.4, 0.5) is 0 Å².